The third-order valence-corrected chi connectivity index (χ3v) is 3.05. The summed E-state index contributed by atoms with van der Waals surface area (Å²) in [6.45, 7) is 1.74. The van der Waals surface area contributed by atoms with Crippen molar-refractivity contribution in [3.63, 3.8) is 0 Å². The van der Waals surface area contributed by atoms with Crippen LogP contribution in [0.4, 0.5) is 0 Å². The molecule has 0 N–H and O–H groups in total. The van der Waals surface area contributed by atoms with Crippen LogP contribution in [-0.4, -0.2) is 25.7 Å². The highest BCUT2D eigenvalue weighted by molar-refractivity contribution is 5.91. The van der Waals surface area contributed by atoms with Crippen molar-refractivity contribution in [2.75, 3.05) is 13.7 Å². The Hall–Kier alpha value is -3.09. The number of carbonyl (C=O) groups excluding carboxylic acids is 2. The van der Waals surface area contributed by atoms with Crippen LogP contribution in [0.25, 0.3) is 11.0 Å². The van der Waals surface area contributed by atoms with Gasteiger partial charge in [-0.3, -0.25) is 0 Å². The summed E-state index contributed by atoms with van der Waals surface area (Å²) < 4.78 is 19.9. The van der Waals surface area contributed by atoms with Gasteiger partial charge in [0.1, 0.15) is 17.9 Å². The minimum absolute atomic E-state index is 0.138. The van der Waals surface area contributed by atoms with E-state index in [4.69, 9.17) is 13.9 Å². The van der Waals surface area contributed by atoms with Crippen LogP contribution in [0.15, 0.2) is 45.6 Å². The van der Waals surface area contributed by atoms with Gasteiger partial charge < -0.3 is 18.6 Å². The lowest BCUT2D eigenvalue weighted by Crippen LogP contribution is -2.07. The molecular weight excluding hydrogens is 316 g/mol. The Kier molecular flexibility index (Phi) is 5.73. The van der Waals surface area contributed by atoms with Crippen molar-refractivity contribution < 1.29 is 28.2 Å². The number of fused-ring (bicyclic) bond motifs is 1. The van der Waals surface area contributed by atoms with Gasteiger partial charge in [0.25, 0.3) is 0 Å². The first-order valence-electron chi connectivity index (χ1n) is 7.16. The Labute approximate surface area is 137 Å². The molecule has 126 valence electrons. The molecule has 0 saturated carbocycles. The minimum atomic E-state index is -0.724. The van der Waals surface area contributed by atoms with Gasteiger partial charge in [0.05, 0.1) is 13.7 Å². The molecule has 2 rings (SSSR count). The van der Waals surface area contributed by atoms with Gasteiger partial charge in [0, 0.05) is 35.2 Å². The van der Waals surface area contributed by atoms with E-state index in [1.165, 1.54) is 13.2 Å². The van der Waals surface area contributed by atoms with Crippen molar-refractivity contribution in [3.05, 3.63) is 52.4 Å². The molecule has 0 unspecified atom stereocenters. The molecule has 1 heterocycles. The molecule has 7 nitrogen and oxygen atoms in total. The van der Waals surface area contributed by atoms with Gasteiger partial charge in [-0.15, -0.1) is 0 Å². The molecule has 24 heavy (non-hydrogen) atoms. The normalized spacial score (nSPS) is 10.8. The second-order valence-corrected chi connectivity index (χ2v) is 4.65. The average Bonchev–Trinajstić information content (AvgIpc) is 2.57. The largest absolute Gasteiger partial charge is 0.497 e. The van der Waals surface area contributed by atoms with Gasteiger partial charge in [0.2, 0.25) is 0 Å². The fourth-order valence-electron chi connectivity index (χ4n) is 1.98. The molecular formula is C17H16O7. The number of benzene rings is 1. The number of ether oxygens (including phenoxy) is 3. The predicted molar refractivity (Wildman–Crippen MR) is 84.6 cm³/mol. The Morgan fingerprint density at radius 1 is 1.12 bits per heavy atom. The van der Waals surface area contributed by atoms with Crippen molar-refractivity contribution >= 4 is 22.9 Å². The average molecular weight is 332 g/mol. The highest BCUT2D eigenvalue weighted by Crippen LogP contribution is 2.22. The first-order valence-corrected chi connectivity index (χ1v) is 7.16. The number of methoxy groups -OCH3 is 1. The van der Waals surface area contributed by atoms with E-state index in [0.717, 1.165) is 12.2 Å². The minimum Gasteiger partial charge on any atom is -0.497 e. The fraction of sp³-hybridized carbons (Fsp3) is 0.235. The Bertz CT molecular complexity index is 832. The van der Waals surface area contributed by atoms with E-state index in [9.17, 15) is 14.4 Å². The topological polar surface area (TPSA) is 92.0 Å². The van der Waals surface area contributed by atoms with Crippen molar-refractivity contribution in [3.8, 4) is 5.75 Å². The summed E-state index contributed by atoms with van der Waals surface area (Å²) in [6, 6.07) is 6.23. The van der Waals surface area contributed by atoms with Crippen LogP contribution in [-0.2, 0) is 25.7 Å². The molecule has 2 aromatic rings. The summed E-state index contributed by atoms with van der Waals surface area (Å²) in [7, 11) is 1.50. The van der Waals surface area contributed by atoms with Crippen molar-refractivity contribution in [1.29, 1.82) is 0 Å². The molecule has 7 heteroatoms. The van der Waals surface area contributed by atoms with Crippen molar-refractivity contribution in [2.45, 2.75) is 13.5 Å². The van der Waals surface area contributed by atoms with E-state index in [0.29, 0.717) is 22.3 Å². The molecule has 0 amide bonds. The number of esters is 2. The molecule has 0 atom stereocenters. The van der Waals surface area contributed by atoms with E-state index < -0.39 is 17.6 Å². The Balaban J connectivity index is 2.14. The van der Waals surface area contributed by atoms with Gasteiger partial charge in [-0.25, -0.2) is 14.4 Å². The number of rotatable bonds is 6. The van der Waals surface area contributed by atoms with E-state index in [1.807, 2.05) is 0 Å². The molecule has 1 aromatic heterocycles. The first kappa shape index (κ1) is 17.3. The standard InChI is InChI=1S/C17H16O7/c1-3-22-15(18)6-7-16(19)23-10-11-8-17(20)24-14-9-12(21-2)4-5-13(11)14/h4-9H,3,10H2,1-2H3/b7-6+. The maximum atomic E-state index is 11.6. The molecule has 0 aliphatic carbocycles. The molecule has 0 saturated heterocycles. The van der Waals surface area contributed by atoms with Crippen LogP contribution in [0.3, 0.4) is 0 Å². The first-order chi connectivity index (χ1) is 11.5. The zero-order valence-electron chi connectivity index (χ0n) is 13.2. The summed E-state index contributed by atoms with van der Waals surface area (Å²) >= 11 is 0. The Morgan fingerprint density at radius 3 is 2.50 bits per heavy atom. The summed E-state index contributed by atoms with van der Waals surface area (Å²) in [5, 5.41) is 0.623. The third kappa shape index (κ3) is 4.45. The highest BCUT2D eigenvalue weighted by Gasteiger charge is 2.09. The van der Waals surface area contributed by atoms with Crippen LogP contribution >= 0.6 is 0 Å². The second-order valence-electron chi connectivity index (χ2n) is 4.65. The fourth-order valence-corrected chi connectivity index (χ4v) is 1.98. The van der Waals surface area contributed by atoms with Crippen LogP contribution in [0.5, 0.6) is 5.75 Å². The molecule has 0 spiro atoms. The molecule has 0 bridgehead atoms. The van der Waals surface area contributed by atoms with E-state index >= 15 is 0 Å². The summed E-state index contributed by atoms with van der Waals surface area (Å²) in [5.74, 6) is -0.817. The van der Waals surface area contributed by atoms with Crippen LogP contribution in [0, 0.1) is 0 Å². The lowest BCUT2D eigenvalue weighted by Gasteiger charge is -2.07. The summed E-state index contributed by atoms with van der Waals surface area (Å²) in [4.78, 5) is 34.3. The zero-order chi connectivity index (χ0) is 17.5. The predicted octanol–water partition coefficient (Wildman–Crippen LogP) is 1.96. The lowest BCUT2D eigenvalue weighted by molar-refractivity contribution is -0.141. The number of hydrogen-bond donors (Lipinski definition) is 0. The zero-order valence-corrected chi connectivity index (χ0v) is 13.2. The van der Waals surface area contributed by atoms with E-state index in [2.05, 4.69) is 4.74 Å². The number of carbonyl (C=O) groups is 2. The molecule has 0 aliphatic rings. The smallest absolute Gasteiger partial charge is 0.336 e. The maximum Gasteiger partial charge on any atom is 0.336 e. The third-order valence-electron chi connectivity index (χ3n) is 3.05. The Morgan fingerprint density at radius 2 is 1.83 bits per heavy atom. The molecule has 1 aromatic carbocycles. The van der Waals surface area contributed by atoms with E-state index in [-0.39, 0.29) is 13.2 Å². The SMILES string of the molecule is CCOC(=O)/C=C/C(=O)OCc1cc(=O)oc2cc(OC)ccc12. The highest BCUT2D eigenvalue weighted by atomic mass is 16.5. The van der Waals surface area contributed by atoms with Crippen molar-refractivity contribution in [2.24, 2.45) is 0 Å². The molecule has 0 radical (unpaired) electrons. The quantitative estimate of drug-likeness (QED) is 0.453. The van der Waals surface area contributed by atoms with Crippen LogP contribution < -0.4 is 10.4 Å². The summed E-state index contributed by atoms with van der Waals surface area (Å²) in [5.41, 5.74) is 0.251. The van der Waals surface area contributed by atoms with Gasteiger partial charge in [0.15, 0.2) is 0 Å². The second kappa shape index (κ2) is 7.96. The summed E-state index contributed by atoms with van der Waals surface area (Å²) in [6.07, 6.45) is 1.95. The molecule has 0 fully saturated rings. The van der Waals surface area contributed by atoms with Gasteiger partial charge in [-0.05, 0) is 19.1 Å². The monoisotopic (exact) mass is 332 g/mol. The van der Waals surface area contributed by atoms with Crippen LogP contribution in [0.1, 0.15) is 12.5 Å². The van der Waals surface area contributed by atoms with Gasteiger partial charge in [-0.2, -0.15) is 0 Å². The van der Waals surface area contributed by atoms with E-state index in [1.54, 1.807) is 25.1 Å². The van der Waals surface area contributed by atoms with Crippen molar-refractivity contribution in [1.82, 2.24) is 0 Å². The molecule has 0 aliphatic heterocycles. The van der Waals surface area contributed by atoms with Gasteiger partial charge >= 0.3 is 17.6 Å². The van der Waals surface area contributed by atoms with Crippen LogP contribution in [0.2, 0.25) is 0 Å². The maximum absolute atomic E-state index is 11.6. The number of hydrogen-bond acceptors (Lipinski definition) is 7. The van der Waals surface area contributed by atoms with Gasteiger partial charge in [-0.1, -0.05) is 0 Å². The lowest BCUT2D eigenvalue weighted by atomic mass is 10.1.